The molecule has 0 saturated heterocycles. The summed E-state index contributed by atoms with van der Waals surface area (Å²) in [7, 11) is 1.96. The third-order valence-electron chi connectivity index (χ3n) is 4.92. The van der Waals surface area contributed by atoms with Crippen molar-refractivity contribution >= 4 is 28.1 Å². The van der Waals surface area contributed by atoms with Crippen LogP contribution in [0.3, 0.4) is 0 Å². The number of carbonyl (C=O) groups is 1. The van der Waals surface area contributed by atoms with Crippen molar-refractivity contribution in [3.63, 3.8) is 0 Å². The standard InChI is InChI=1S/C19H20N2OS/c1-21(19(22)12-14-5-4-10-23-14)13-8-9-18-16(11-13)15-6-2-3-7-17(15)20-18/h2-7,10,13,20H,8-9,11-12H2,1H3. The van der Waals surface area contributed by atoms with Gasteiger partial charge in [0.25, 0.3) is 0 Å². The van der Waals surface area contributed by atoms with Gasteiger partial charge < -0.3 is 9.88 Å². The molecule has 2 heterocycles. The zero-order valence-electron chi connectivity index (χ0n) is 13.2. The van der Waals surface area contributed by atoms with Crippen molar-refractivity contribution < 1.29 is 4.79 Å². The van der Waals surface area contributed by atoms with Gasteiger partial charge in [-0.3, -0.25) is 4.79 Å². The molecule has 3 aromatic rings. The fourth-order valence-corrected chi connectivity index (χ4v) is 4.27. The van der Waals surface area contributed by atoms with Gasteiger partial charge in [-0.1, -0.05) is 24.3 Å². The van der Waals surface area contributed by atoms with E-state index in [9.17, 15) is 4.79 Å². The Labute approximate surface area is 139 Å². The highest BCUT2D eigenvalue weighted by molar-refractivity contribution is 7.10. The van der Waals surface area contributed by atoms with Crippen LogP contribution in [0, 0.1) is 0 Å². The van der Waals surface area contributed by atoms with E-state index < -0.39 is 0 Å². The van der Waals surface area contributed by atoms with Gasteiger partial charge in [0.05, 0.1) is 6.42 Å². The molecular weight excluding hydrogens is 304 g/mol. The van der Waals surface area contributed by atoms with Crippen molar-refractivity contribution in [3.05, 3.63) is 57.9 Å². The van der Waals surface area contributed by atoms with Gasteiger partial charge >= 0.3 is 0 Å². The first-order valence-corrected chi connectivity index (χ1v) is 8.97. The number of amides is 1. The topological polar surface area (TPSA) is 36.1 Å². The van der Waals surface area contributed by atoms with Crippen molar-refractivity contribution in [1.29, 1.82) is 0 Å². The number of rotatable bonds is 3. The fraction of sp³-hybridized carbons (Fsp3) is 0.316. The molecule has 0 aliphatic heterocycles. The molecule has 1 unspecified atom stereocenters. The predicted octanol–water partition coefficient (Wildman–Crippen LogP) is 3.79. The Bertz CT molecular complexity index is 834. The summed E-state index contributed by atoms with van der Waals surface area (Å²) in [6, 6.07) is 12.8. The van der Waals surface area contributed by atoms with Crippen molar-refractivity contribution in [3.8, 4) is 0 Å². The van der Waals surface area contributed by atoms with Gasteiger partial charge in [-0.25, -0.2) is 0 Å². The van der Waals surface area contributed by atoms with E-state index in [0.29, 0.717) is 12.5 Å². The molecule has 0 spiro atoms. The number of thiophene rings is 1. The highest BCUT2D eigenvalue weighted by Crippen LogP contribution is 2.30. The molecule has 4 heteroatoms. The van der Waals surface area contributed by atoms with Crippen molar-refractivity contribution in [1.82, 2.24) is 9.88 Å². The summed E-state index contributed by atoms with van der Waals surface area (Å²) in [5, 5.41) is 3.34. The molecule has 1 aromatic carbocycles. The smallest absolute Gasteiger partial charge is 0.227 e. The number of likely N-dealkylation sites (N-methyl/N-ethyl adjacent to an activating group) is 1. The normalized spacial score (nSPS) is 17.2. The number of aromatic nitrogens is 1. The van der Waals surface area contributed by atoms with Gasteiger partial charge in [-0.2, -0.15) is 0 Å². The van der Waals surface area contributed by atoms with Gasteiger partial charge in [0, 0.05) is 34.6 Å². The molecule has 23 heavy (non-hydrogen) atoms. The maximum atomic E-state index is 12.5. The first-order valence-electron chi connectivity index (χ1n) is 8.09. The Morgan fingerprint density at radius 3 is 3.00 bits per heavy atom. The first kappa shape index (κ1) is 14.5. The molecular formula is C19H20N2OS. The summed E-state index contributed by atoms with van der Waals surface area (Å²) in [6.07, 6.45) is 3.52. The first-order chi connectivity index (χ1) is 11.2. The minimum Gasteiger partial charge on any atom is -0.358 e. The van der Waals surface area contributed by atoms with E-state index in [1.807, 2.05) is 29.5 Å². The number of nitrogens with one attached hydrogen (secondary N) is 1. The van der Waals surface area contributed by atoms with E-state index in [1.54, 1.807) is 11.3 Å². The largest absolute Gasteiger partial charge is 0.358 e. The lowest BCUT2D eigenvalue weighted by molar-refractivity contribution is -0.131. The van der Waals surface area contributed by atoms with E-state index in [2.05, 4.69) is 29.2 Å². The highest BCUT2D eigenvalue weighted by atomic mass is 32.1. The summed E-state index contributed by atoms with van der Waals surface area (Å²) in [5.74, 6) is 0.223. The maximum absolute atomic E-state index is 12.5. The molecule has 1 atom stereocenters. The Balaban J connectivity index is 1.54. The molecule has 0 bridgehead atoms. The summed E-state index contributed by atoms with van der Waals surface area (Å²) in [6.45, 7) is 0. The van der Waals surface area contributed by atoms with Crippen LogP contribution in [0.4, 0.5) is 0 Å². The van der Waals surface area contributed by atoms with Gasteiger partial charge in [-0.15, -0.1) is 11.3 Å². The van der Waals surface area contributed by atoms with Crippen molar-refractivity contribution in [2.45, 2.75) is 31.7 Å². The number of H-pyrrole nitrogens is 1. The van der Waals surface area contributed by atoms with Crippen LogP contribution < -0.4 is 0 Å². The third kappa shape index (κ3) is 2.68. The third-order valence-corrected chi connectivity index (χ3v) is 5.79. The Kier molecular flexibility index (Phi) is 3.69. The van der Waals surface area contributed by atoms with Crippen LogP contribution in [0.1, 0.15) is 22.6 Å². The Morgan fingerprint density at radius 2 is 2.17 bits per heavy atom. The van der Waals surface area contributed by atoms with Crippen molar-refractivity contribution in [2.75, 3.05) is 7.05 Å². The lowest BCUT2D eigenvalue weighted by atomic mass is 9.90. The minimum absolute atomic E-state index is 0.223. The lowest BCUT2D eigenvalue weighted by Crippen LogP contribution is -2.41. The zero-order chi connectivity index (χ0) is 15.8. The Hall–Kier alpha value is -2.07. The number of carbonyl (C=O) groups excluding carboxylic acids is 1. The number of fused-ring (bicyclic) bond motifs is 3. The van der Waals surface area contributed by atoms with Gasteiger partial charge in [0.15, 0.2) is 0 Å². The van der Waals surface area contributed by atoms with E-state index in [1.165, 1.54) is 22.2 Å². The fourth-order valence-electron chi connectivity index (χ4n) is 3.57. The highest BCUT2D eigenvalue weighted by Gasteiger charge is 2.27. The van der Waals surface area contributed by atoms with Crippen LogP contribution in [0.5, 0.6) is 0 Å². The monoisotopic (exact) mass is 324 g/mol. The van der Waals surface area contributed by atoms with Crippen LogP contribution in [-0.4, -0.2) is 28.9 Å². The van der Waals surface area contributed by atoms with Gasteiger partial charge in [-0.05, 0) is 42.3 Å². The average molecular weight is 324 g/mol. The molecule has 0 radical (unpaired) electrons. The van der Waals surface area contributed by atoms with Gasteiger partial charge in [0.1, 0.15) is 0 Å². The molecule has 1 aliphatic rings. The lowest BCUT2D eigenvalue weighted by Gasteiger charge is -2.31. The number of aryl methyl sites for hydroxylation is 1. The number of hydrogen-bond acceptors (Lipinski definition) is 2. The number of para-hydroxylation sites is 1. The summed E-state index contributed by atoms with van der Waals surface area (Å²) in [4.78, 5) is 19.2. The molecule has 1 amide bonds. The quantitative estimate of drug-likeness (QED) is 0.782. The molecule has 1 aliphatic carbocycles. The molecule has 118 valence electrons. The minimum atomic E-state index is 0.223. The zero-order valence-corrected chi connectivity index (χ0v) is 14.0. The molecule has 4 rings (SSSR count). The van der Waals surface area contributed by atoms with E-state index in [4.69, 9.17) is 0 Å². The second-order valence-corrected chi connectivity index (χ2v) is 7.32. The summed E-state index contributed by atoms with van der Waals surface area (Å²) in [5.41, 5.74) is 3.96. The van der Waals surface area contributed by atoms with Crippen LogP contribution >= 0.6 is 11.3 Å². The second-order valence-electron chi connectivity index (χ2n) is 6.29. The molecule has 0 saturated carbocycles. The number of aromatic amines is 1. The predicted molar refractivity (Wildman–Crippen MR) is 94.9 cm³/mol. The number of nitrogens with zero attached hydrogens (tertiary/aromatic N) is 1. The van der Waals surface area contributed by atoms with Gasteiger partial charge in [0.2, 0.25) is 5.91 Å². The molecule has 1 N–H and O–H groups in total. The van der Waals surface area contributed by atoms with Crippen molar-refractivity contribution in [2.24, 2.45) is 0 Å². The van der Waals surface area contributed by atoms with Crippen LogP contribution in [0.15, 0.2) is 41.8 Å². The summed E-state index contributed by atoms with van der Waals surface area (Å²) < 4.78 is 0. The number of hydrogen-bond donors (Lipinski definition) is 1. The van der Waals surface area contributed by atoms with E-state index in [0.717, 1.165) is 24.1 Å². The number of benzene rings is 1. The SMILES string of the molecule is CN(C(=O)Cc1cccs1)C1CCc2[nH]c3ccccc3c2C1. The second kappa shape index (κ2) is 5.85. The van der Waals surface area contributed by atoms with E-state index in [-0.39, 0.29) is 5.91 Å². The Morgan fingerprint density at radius 1 is 1.30 bits per heavy atom. The molecule has 2 aromatic heterocycles. The molecule has 3 nitrogen and oxygen atoms in total. The van der Waals surface area contributed by atoms with E-state index >= 15 is 0 Å². The van der Waals surface area contributed by atoms with Crippen LogP contribution in [0.2, 0.25) is 0 Å². The maximum Gasteiger partial charge on any atom is 0.227 e. The molecule has 0 fully saturated rings. The summed E-state index contributed by atoms with van der Waals surface area (Å²) >= 11 is 1.65. The van der Waals surface area contributed by atoms with Crippen LogP contribution in [0.25, 0.3) is 10.9 Å². The van der Waals surface area contributed by atoms with Crippen LogP contribution in [-0.2, 0) is 24.1 Å². The average Bonchev–Trinajstić information content (AvgIpc) is 3.20.